The number of benzene rings is 2. The lowest BCUT2D eigenvalue weighted by Gasteiger charge is -2.24. The zero-order valence-corrected chi connectivity index (χ0v) is 18.3. The number of nitrogens with zero attached hydrogens (tertiary/aromatic N) is 2. The van der Waals surface area contributed by atoms with Crippen LogP contribution < -0.4 is 16.4 Å². The highest BCUT2D eigenvalue weighted by Crippen LogP contribution is 2.24. The van der Waals surface area contributed by atoms with E-state index in [1.54, 1.807) is 13.1 Å². The number of carbonyl (C=O) groups excluding carboxylic acids is 1. The van der Waals surface area contributed by atoms with Crippen molar-refractivity contribution in [3.05, 3.63) is 58.6 Å². The second-order valence-electron chi connectivity index (χ2n) is 8.16. The first-order valence-electron chi connectivity index (χ1n) is 10.8. The molecule has 1 amide bonds. The van der Waals surface area contributed by atoms with E-state index in [-0.39, 0.29) is 12.5 Å². The van der Waals surface area contributed by atoms with E-state index < -0.39 is 24.0 Å². The standard InChI is InChI=1S/C24H26N4O5/c1-28-20-11-17(6-7-21(20)33-24(28)31)16-4-2-15(3-5-16)10-18(12-25)27-23(30)22-14-26-13-19(29)8-9-32-22/h2-7,11,18-19,22,26,29H,8-10,13-14H2,1H3,(H,27,30). The predicted molar refractivity (Wildman–Crippen MR) is 121 cm³/mol. The fourth-order valence-electron chi connectivity index (χ4n) is 3.83. The van der Waals surface area contributed by atoms with Gasteiger partial charge in [0.15, 0.2) is 5.58 Å². The number of rotatable bonds is 5. The molecule has 3 atom stereocenters. The van der Waals surface area contributed by atoms with Crippen LogP contribution in [0.4, 0.5) is 0 Å². The van der Waals surface area contributed by atoms with Gasteiger partial charge in [-0.3, -0.25) is 9.36 Å². The summed E-state index contributed by atoms with van der Waals surface area (Å²) in [6.07, 6.45) is -0.382. The van der Waals surface area contributed by atoms with Crippen LogP contribution in [0.3, 0.4) is 0 Å². The fraction of sp³-hybridized carbons (Fsp3) is 0.375. The van der Waals surface area contributed by atoms with E-state index in [1.165, 1.54) is 4.57 Å². The molecule has 3 unspecified atom stereocenters. The van der Waals surface area contributed by atoms with Crippen LogP contribution in [0.2, 0.25) is 0 Å². The van der Waals surface area contributed by atoms with Gasteiger partial charge >= 0.3 is 5.76 Å². The van der Waals surface area contributed by atoms with E-state index in [0.717, 1.165) is 16.7 Å². The maximum atomic E-state index is 12.6. The third kappa shape index (κ3) is 5.31. The van der Waals surface area contributed by atoms with Gasteiger partial charge in [0.1, 0.15) is 12.1 Å². The van der Waals surface area contributed by atoms with Crippen LogP contribution in [-0.4, -0.2) is 53.5 Å². The summed E-state index contributed by atoms with van der Waals surface area (Å²) < 4.78 is 12.2. The summed E-state index contributed by atoms with van der Waals surface area (Å²) in [5.41, 5.74) is 4.06. The van der Waals surface area contributed by atoms with Gasteiger partial charge in [0.25, 0.3) is 5.91 Å². The fourth-order valence-corrected chi connectivity index (χ4v) is 3.83. The van der Waals surface area contributed by atoms with Gasteiger partial charge in [-0.05, 0) is 35.2 Å². The van der Waals surface area contributed by atoms with Gasteiger partial charge in [0.2, 0.25) is 0 Å². The number of carbonyl (C=O) groups is 1. The summed E-state index contributed by atoms with van der Waals surface area (Å²) in [6.45, 7) is 0.978. The van der Waals surface area contributed by atoms with Crippen molar-refractivity contribution in [2.75, 3.05) is 19.7 Å². The minimum absolute atomic E-state index is 0.280. The lowest BCUT2D eigenvalue weighted by molar-refractivity contribution is -0.134. The minimum atomic E-state index is -0.704. The van der Waals surface area contributed by atoms with E-state index in [1.807, 2.05) is 36.4 Å². The Bertz CT molecular complexity index is 1210. The van der Waals surface area contributed by atoms with Crippen molar-refractivity contribution < 1.29 is 19.1 Å². The Kier molecular flexibility index (Phi) is 6.89. The number of nitriles is 1. The molecule has 2 heterocycles. The van der Waals surface area contributed by atoms with E-state index in [0.29, 0.717) is 37.1 Å². The number of hydrogen-bond donors (Lipinski definition) is 3. The molecule has 2 aromatic carbocycles. The first-order chi connectivity index (χ1) is 15.9. The third-order valence-corrected chi connectivity index (χ3v) is 5.76. The monoisotopic (exact) mass is 450 g/mol. The van der Waals surface area contributed by atoms with Gasteiger partial charge in [0, 0.05) is 26.6 Å². The molecular weight excluding hydrogens is 424 g/mol. The number of aliphatic hydroxyl groups is 1. The van der Waals surface area contributed by atoms with Crippen LogP contribution in [-0.2, 0) is 23.0 Å². The maximum Gasteiger partial charge on any atom is 0.419 e. The van der Waals surface area contributed by atoms with Crippen molar-refractivity contribution in [3.8, 4) is 17.2 Å². The maximum absolute atomic E-state index is 12.6. The largest absolute Gasteiger partial charge is 0.419 e. The van der Waals surface area contributed by atoms with Crippen LogP contribution in [0.1, 0.15) is 12.0 Å². The van der Waals surface area contributed by atoms with Crippen molar-refractivity contribution in [1.29, 1.82) is 5.26 Å². The first-order valence-corrected chi connectivity index (χ1v) is 10.8. The molecule has 1 aromatic heterocycles. The molecule has 1 aliphatic heterocycles. The summed E-state index contributed by atoms with van der Waals surface area (Å²) in [5.74, 6) is -0.749. The van der Waals surface area contributed by atoms with E-state index in [4.69, 9.17) is 9.15 Å². The summed E-state index contributed by atoms with van der Waals surface area (Å²) in [5, 5.41) is 24.9. The molecular formula is C24H26N4O5. The van der Waals surface area contributed by atoms with E-state index in [9.17, 15) is 20.0 Å². The highest BCUT2D eigenvalue weighted by atomic mass is 16.5. The molecule has 0 bridgehead atoms. The summed E-state index contributed by atoms with van der Waals surface area (Å²) >= 11 is 0. The Balaban J connectivity index is 1.40. The molecule has 1 fully saturated rings. The minimum Gasteiger partial charge on any atom is -0.408 e. The SMILES string of the molecule is Cn1c(=O)oc2ccc(-c3ccc(CC(C#N)NC(=O)C4CNCC(O)CCO4)cc3)cc21. The van der Waals surface area contributed by atoms with Gasteiger partial charge in [-0.25, -0.2) is 4.79 Å². The summed E-state index contributed by atoms with van der Waals surface area (Å²) in [7, 11) is 1.67. The zero-order chi connectivity index (χ0) is 23.4. The number of amides is 1. The molecule has 0 aliphatic carbocycles. The van der Waals surface area contributed by atoms with Crippen molar-refractivity contribution in [1.82, 2.24) is 15.2 Å². The average Bonchev–Trinajstić information content (AvgIpc) is 3.09. The summed E-state index contributed by atoms with van der Waals surface area (Å²) in [4.78, 5) is 24.3. The molecule has 4 rings (SSSR count). The summed E-state index contributed by atoms with van der Waals surface area (Å²) in [6, 6.07) is 14.7. The van der Waals surface area contributed by atoms with Gasteiger partial charge in [-0.2, -0.15) is 5.26 Å². The van der Waals surface area contributed by atoms with Crippen molar-refractivity contribution in [2.45, 2.75) is 31.1 Å². The Labute approximate surface area is 190 Å². The van der Waals surface area contributed by atoms with E-state index >= 15 is 0 Å². The highest BCUT2D eigenvalue weighted by molar-refractivity contribution is 5.82. The second kappa shape index (κ2) is 10.0. The van der Waals surface area contributed by atoms with Crippen LogP contribution in [0.25, 0.3) is 22.2 Å². The lowest BCUT2D eigenvalue weighted by atomic mass is 10.0. The molecule has 0 radical (unpaired) electrons. The Morgan fingerprint density at radius 3 is 2.79 bits per heavy atom. The topological polar surface area (TPSA) is 130 Å². The molecule has 9 heteroatoms. The number of oxazole rings is 1. The van der Waals surface area contributed by atoms with Crippen molar-refractivity contribution >= 4 is 17.0 Å². The van der Waals surface area contributed by atoms with E-state index in [2.05, 4.69) is 16.7 Å². The first kappa shape index (κ1) is 22.7. The third-order valence-electron chi connectivity index (χ3n) is 5.76. The van der Waals surface area contributed by atoms with Crippen molar-refractivity contribution in [3.63, 3.8) is 0 Å². The van der Waals surface area contributed by atoms with Crippen LogP contribution in [0.15, 0.2) is 51.7 Å². The molecule has 172 valence electrons. The smallest absolute Gasteiger partial charge is 0.408 e. The molecule has 0 saturated carbocycles. The molecule has 3 N–H and O–H groups in total. The number of aryl methyl sites for hydroxylation is 1. The Hall–Kier alpha value is -3.45. The number of β-amino-alcohol motifs (C(OH)–C–C–N with tert-alkyl or cyclic N) is 1. The van der Waals surface area contributed by atoms with Crippen molar-refractivity contribution in [2.24, 2.45) is 7.05 Å². The van der Waals surface area contributed by atoms with Gasteiger partial charge < -0.3 is 24.9 Å². The number of aromatic nitrogens is 1. The van der Waals surface area contributed by atoms with Crippen LogP contribution in [0.5, 0.6) is 0 Å². The number of aliphatic hydroxyl groups excluding tert-OH is 1. The van der Waals surface area contributed by atoms with Gasteiger partial charge in [-0.15, -0.1) is 0 Å². The molecule has 3 aromatic rings. The van der Waals surface area contributed by atoms with Crippen LogP contribution >= 0.6 is 0 Å². The molecule has 33 heavy (non-hydrogen) atoms. The second-order valence-corrected chi connectivity index (χ2v) is 8.16. The molecule has 1 aliphatic rings. The Morgan fingerprint density at radius 1 is 1.27 bits per heavy atom. The lowest BCUT2D eigenvalue weighted by Crippen LogP contribution is -2.49. The number of hydrogen-bond acceptors (Lipinski definition) is 7. The normalized spacial score (nSPS) is 19.9. The molecule has 9 nitrogen and oxygen atoms in total. The molecule has 1 saturated heterocycles. The number of ether oxygens (including phenoxy) is 1. The van der Waals surface area contributed by atoms with Gasteiger partial charge in [-0.1, -0.05) is 30.3 Å². The number of fused-ring (bicyclic) bond motifs is 1. The quantitative estimate of drug-likeness (QED) is 0.531. The molecule has 0 spiro atoms. The van der Waals surface area contributed by atoms with Crippen LogP contribution in [0, 0.1) is 11.3 Å². The van der Waals surface area contributed by atoms with Gasteiger partial charge in [0.05, 0.1) is 24.3 Å². The highest BCUT2D eigenvalue weighted by Gasteiger charge is 2.24. The predicted octanol–water partition coefficient (Wildman–Crippen LogP) is 1.09. The Morgan fingerprint density at radius 2 is 2.03 bits per heavy atom. The average molecular weight is 450 g/mol. The number of nitrogens with one attached hydrogen (secondary N) is 2. The zero-order valence-electron chi connectivity index (χ0n) is 18.3.